The van der Waals surface area contributed by atoms with Crippen LogP contribution in [0.15, 0.2) is 0 Å². The van der Waals surface area contributed by atoms with Gasteiger partial charge in [-0.05, 0) is 24.2 Å². The van der Waals surface area contributed by atoms with Crippen LogP contribution in [0.2, 0.25) is 0 Å². The molecule has 0 heterocycles. The Morgan fingerprint density at radius 2 is 1.54 bits per heavy atom. The van der Waals surface area contributed by atoms with Gasteiger partial charge >= 0.3 is 0 Å². The summed E-state index contributed by atoms with van der Waals surface area (Å²) in [4.78, 5) is 0. The molecule has 0 radical (unpaired) electrons. The molecule has 80 valence electrons. The highest BCUT2D eigenvalue weighted by molar-refractivity contribution is 4.65. The van der Waals surface area contributed by atoms with Crippen LogP contribution in [-0.2, 0) is 0 Å². The van der Waals surface area contributed by atoms with Gasteiger partial charge in [-0.15, -0.1) is 0 Å². The lowest BCUT2D eigenvalue weighted by Gasteiger charge is -2.22. The van der Waals surface area contributed by atoms with Gasteiger partial charge in [-0.1, -0.05) is 60.3 Å². The smallest absolute Gasteiger partial charge is 0.0414 e. The van der Waals surface area contributed by atoms with Crippen molar-refractivity contribution in [2.24, 2.45) is 17.8 Å². The first-order chi connectivity index (χ1) is 6.11. The minimum Gasteiger partial charge on any atom is -0.0654 e. The Kier molecular flexibility index (Phi) is 7.41. The summed E-state index contributed by atoms with van der Waals surface area (Å²) < 4.78 is 0. The van der Waals surface area contributed by atoms with Crippen LogP contribution in [0.25, 0.3) is 0 Å². The van der Waals surface area contributed by atoms with Crippen molar-refractivity contribution in [3.63, 3.8) is 0 Å². The third-order valence-electron chi connectivity index (χ3n) is 3.46. The quantitative estimate of drug-likeness (QED) is 0.528. The average Bonchev–Trinajstić information content (AvgIpc) is 2.13. The highest BCUT2D eigenvalue weighted by Gasteiger charge is 2.13. The van der Waals surface area contributed by atoms with Crippen molar-refractivity contribution in [3.05, 3.63) is 0 Å². The van der Waals surface area contributed by atoms with Gasteiger partial charge in [-0.2, -0.15) is 0 Å². The van der Waals surface area contributed by atoms with E-state index in [-0.39, 0.29) is 0 Å². The second kappa shape index (κ2) is 7.41. The van der Waals surface area contributed by atoms with Crippen molar-refractivity contribution in [1.29, 1.82) is 0 Å². The van der Waals surface area contributed by atoms with E-state index in [9.17, 15) is 0 Å². The first kappa shape index (κ1) is 13.0. The van der Waals surface area contributed by atoms with Crippen LogP contribution in [0.3, 0.4) is 0 Å². The summed E-state index contributed by atoms with van der Waals surface area (Å²) in [5.74, 6) is 2.76. The molecule has 0 saturated heterocycles. The molecular weight excluding hydrogens is 156 g/mol. The van der Waals surface area contributed by atoms with E-state index in [2.05, 4.69) is 34.6 Å². The molecule has 0 aromatic rings. The lowest BCUT2D eigenvalue weighted by atomic mass is 9.84. The molecule has 0 nitrogen and oxygen atoms in total. The van der Waals surface area contributed by atoms with E-state index in [1.54, 1.807) is 0 Å². The van der Waals surface area contributed by atoms with Crippen molar-refractivity contribution in [2.45, 2.75) is 66.7 Å². The molecule has 3 atom stereocenters. The standard InChI is InChI=1S/C13H28/c1-6-8-9-12(4)13(5)10-11(3)7-2/h11-13H,6-10H2,1-5H3. The van der Waals surface area contributed by atoms with Crippen LogP contribution in [0.4, 0.5) is 0 Å². The zero-order chi connectivity index (χ0) is 10.3. The normalized spacial score (nSPS) is 18.2. The summed E-state index contributed by atoms with van der Waals surface area (Å²) in [5, 5.41) is 0. The Labute approximate surface area is 85.1 Å². The lowest BCUT2D eigenvalue weighted by molar-refractivity contribution is 0.291. The van der Waals surface area contributed by atoms with Crippen LogP contribution in [-0.4, -0.2) is 0 Å². The van der Waals surface area contributed by atoms with Gasteiger partial charge < -0.3 is 0 Å². The summed E-state index contributed by atoms with van der Waals surface area (Å²) in [5.41, 5.74) is 0. The Morgan fingerprint density at radius 3 is 2.00 bits per heavy atom. The van der Waals surface area contributed by atoms with Crippen molar-refractivity contribution >= 4 is 0 Å². The van der Waals surface area contributed by atoms with Crippen molar-refractivity contribution in [1.82, 2.24) is 0 Å². The van der Waals surface area contributed by atoms with Crippen LogP contribution in [0, 0.1) is 17.8 Å². The van der Waals surface area contributed by atoms with Crippen molar-refractivity contribution < 1.29 is 0 Å². The molecule has 0 aliphatic carbocycles. The number of hydrogen-bond donors (Lipinski definition) is 0. The third-order valence-corrected chi connectivity index (χ3v) is 3.46. The zero-order valence-corrected chi connectivity index (χ0v) is 10.3. The number of hydrogen-bond acceptors (Lipinski definition) is 0. The first-order valence-electron chi connectivity index (χ1n) is 6.11. The molecule has 0 aromatic carbocycles. The molecule has 0 aliphatic rings. The molecule has 0 fully saturated rings. The van der Waals surface area contributed by atoms with Gasteiger partial charge in [-0.25, -0.2) is 0 Å². The van der Waals surface area contributed by atoms with E-state index < -0.39 is 0 Å². The molecule has 13 heavy (non-hydrogen) atoms. The van der Waals surface area contributed by atoms with E-state index in [4.69, 9.17) is 0 Å². The molecule has 0 aliphatic heterocycles. The molecule has 0 saturated carbocycles. The monoisotopic (exact) mass is 184 g/mol. The van der Waals surface area contributed by atoms with Gasteiger partial charge in [0.1, 0.15) is 0 Å². The minimum absolute atomic E-state index is 0.916. The number of unbranched alkanes of at least 4 members (excludes halogenated alkanes) is 1. The second-order valence-corrected chi connectivity index (χ2v) is 4.85. The highest BCUT2D eigenvalue weighted by Crippen LogP contribution is 2.25. The Balaban J connectivity index is 3.61. The van der Waals surface area contributed by atoms with Crippen molar-refractivity contribution in [2.75, 3.05) is 0 Å². The topological polar surface area (TPSA) is 0 Å². The molecule has 0 aromatic heterocycles. The van der Waals surface area contributed by atoms with Gasteiger partial charge in [0.25, 0.3) is 0 Å². The number of rotatable bonds is 7. The largest absolute Gasteiger partial charge is 0.0654 e. The molecule has 0 N–H and O–H groups in total. The molecule has 0 heteroatoms. The van der Waals surface area contributed by atoms with Crippen LogP contribution >= 0.6 is 0 Å². The van der Waals surface area contributed by atoms with Gasteiger partial charge in [0, 0.05) is 0 Å². The van der Waals surface area contributed by atoms with E-state index in [0.29, 0.717) is 0 Å². The first-order valence-corrected chi connectivity index (χ1v) is 6.11. The summed E-state index contributed by atoms with van der Waals surface area (Å²) >= 11 is 0. The maximum atomic E-state index is 2.42. The highest BCUT2D eigenvalue weighted by atomic mass is 14.2. The predicted molar refractivity (Wildman–Crippen MR) is 61.9 cm³/mol. The van der Waals surface area contributed by atoms with E-state index in [1.165, 1.54) is 32.1 Å². The van der Waals surface area contributed by atoms with Gasteiger partial charge in [-0.3, -0.25) is 0 Å². The summed E-state index contributed by atoms with van der Waals surface area (Å²) in [7, 11) is 0. The van der Waals surface area contributed by atoms with E-state index in [0.717, 1.165) is 17.8 Å². The fourth-order valence-electron chi connectivity index (χ4n) is 1.84. The van der Waals surface area contributed by atoms with E-state index >= 15 is 0 Å². The summed E-state index contributed by atoms with van der Waals surface area (Å²) in [6, 6.07) is 0. The van der Waals surface area contributed by atoms with Crippen LogP contribution < -0.4 is 0 Å². The van der Waals surface area contributed by atoms with Crippen LogP contribution in [0.5, 0.6) is 0 Å². The molecule has 0 bridgehead atoms. The van der Waals surface area contributed by atoms with Crippen molar-refractivity contribution in [3.8, 4) is 0 Å². The summed E-state index contributed by atoms with van der Waals surface area (Å²) in [6.45, 7) is 11.8. The fraction of sp³-hybridized carbons (Fsp3) is 1.00. The molecule has 0 spiro atoms. The Hall–Kier alpha value is 0. The van der Waals surface area contributed by atoms with Gasteiger partial charge in [0.15, 0.2) is 0 Å². The van der Waals surface area contributed by atoms with E-state index in [1.807, 2.05) is 0 Å². The predicted octanol–water partition coefficient (Wildman–Crippen LogP) is 4.89. The Bertz CT molecular complexity index is 107. The molecule has 3 unspecified atom stereocenters. The zero-order valence-electron chi connectivity index (χ0n) is 10.3. The fourth-order valence-corrected chi connectivity index (χ4v) is 1.84. The third kappa shape index (κ3) is 6.12. The summed E-state index contributed by atoms with van der Waals surface area (Å²) in [6.07, 6.45) is 6.94. The molecule has 0 amide bonds. The second-order valence-electron chi connectivity index (χ2n) is 4.85. The lowest BCUT2D eigenvalue weighted by Crippen LogP contribution is -2.11. The van der Waals surface area contributed by atoms with Crippen LogP contribution in [0.1, 0.15) is 66.7 Å². The minimum atomic E-state index is 0.916. The average molecular weight is 184 g/mol. The van der Waals surface area contributed by atoms with Gasteiger partial charge in [0.05, 0.1) is 0 Å². The molecular formula is C13H28. The maximum Gasteiger partial charge on any atom is -0.0414 e. The Morgan fingerprint density at radius 1 is 0.923 bits per heavy atom. The SMILES string of the molecule is CCCCC(C)C(C)CC(C)CC. The molecule has 0 rings (SSSR count). The maximum absolute atomic E-state index is 2.42. The van der Waals surface area contributed by atoms with Gasteiger partial charge in [0.2, 0.25) is 0 Å².